The minimum absolute atomic E-state index is 0.900. The van der Waals surface area contributed by atoms with Gasteiger partial charge in [0.1, 0.15) is 5.82 Å². The summed E-state index contributed by atoms with van der Waals surface area (Å²) in [5.41, 5.74) is 2.40. The van der Waals surface area contributed by atoms with Crippen LogP contribution in [0.2, 0.25) is 0 Å². The first-order valence-corrected chi connectivity index (χ1v) is 3.94. The minimum Gasteiger partial charge on any atom is -0.363 e. The van der Waals surface area contributed by atoms with E-state index < -0.39 is 0 Å². The van der Waals surface area contributed by atoms with E-state index in [0.29, 0.717) is 0 Å². The molecule has 1 aliphatic heterocycles. The summed E-state index contributed by atoms with van der Waals surface area (Å²) in [5, 5.41) is 0. The third-order valence-electron chi connectivity index (χ3n) is 1.85. The monoisotopic (exact) mass is 161 g/mol. The molecule has 0 atom stereocenters. The predicted octanol–water partition coefficient (Wildman–Crippen LogP) is 0.950. The van der Waals surface area contributed by atoms with E-state index in [1.54, 1.807) is 0 Å². The lowest BCUT2D eigenvalue weighted by Crippen LogP contribution is -2.10. The molecule has 0 unspecified atom stereocenters. The van der Waals surface area contributed by atoms with Gasteiger partial charge >= 0.3 is 0 Å². The van der Waals surface area contributed by atoms with Gasteiger partial charge in [-0.25, -0.2) is 4.98 Å². The Morgan fingerprint density at radius 2 is 2.17 bits per heavy atom. The molecule has 1 aromatic rings. The molecule has 2 heterocycles. The van der Waals surface area contributed by atoms with Crippen LogP contribution in [-0.2, 0) is 0 Å². The Morgan fingerprint density at radius 3 is 2.75 bits per heavy atom. The summed E-state index contributed by atoms with van der Waals surface area (Å²) in [7, 11) is 3.97. The van der Waals surface area contributed by atoms with Gasteiger partial charge in [-0.05, 0) is 12.1 Å². The normalized spacial score (nSPS) is 14.0. The molecule has 0 saturated carbocycles. The van der Waals surface area contributed by atoms with Gasteiger partial charge in [0.25, 0.3) is 0 Å². The molecule has 0 saturated heterocycles. The first-order valence-electron chi connectivity index (χ1n) is 3.94. The maximum absolute atomic E-state index is 4.22. The van der Waals surface area contributed by atoms with E-state index in [-0.39, 0.29) is 0 Å². The van der Waals surface area contributed by atoms with Gasteiger partial charge < -0.3 is 4.90 Å². The van der Waals surface area contributed by atoms with Gasteiger partial charge in [0.15, 0.2) is 0 Å². The van der Waals surface area contributed by atoms with Crippen molar-refractivity contribution in [2.45, 2.75) is 0 Å². The second-order valence-corrected chi connectivity index (χ2v) is 3.06. The molecule has 1 aromatic heterocycles. The highest BCUT2D eigenvalue weighted by Crippen LogP contribution is 2.14. The van der Waals surface area contributed by atoms with Crippen LogP contribution >= 0.6 is 0 Å². The Bertz CT molecular complexity index is 328. The maximum Gasteiger partial charge on any atom is 0.128 e. The Morgan fingerprint density at radius 1 is 1.42 bits per heavy atom. The van der Waals surface area contributed by atoms with Crippen LogP contribution in [0.5, 0.6) is 0 Å². The fraction of sp³-hybridized carbons (Fsp3) is 0.333. The average Bonchev–Trinajstić information content (AvgIpc) is 2.87. The van der Waals surface area contributed by atoms with Crippen molar-refractivity contribution in [2.24, 2.45) is 4.99 Å². The highest BCUT2D eigenvalue weighted by atomic mass is 15.1. The first kappa shape index (κ1) is 7.28. The van der Waals surface area contributed by atoms with Crippen LogP contribution in [0.15, 0.2) is 23.3 Å². The van der Waals surface area contributed by atoms with Crippen LogP contribution < -0.4 is 4.90 Å². The number of rotatable bonds is 2. The quantitative estimate of drug-likeness (QED) is 0.646. The number of aliphatic imine (C=N–C) groups is 1. The Labute approximate surface area is 71.8 Å². The highest BCUT2D eigenvalue weighted by Gasteiger charge is 2.12. The molecular formula is C9H11N3. The van der Waals surface area contributed by atoms with Gasteiger partial charge in [0.2, 0.25) is 0 Å². The zero-order chi connectivity index (χ0) is 8.55. The Hall–Kier alpha value is -1.38. The summed E-state index contributed by atoms with van der Waals surface area (Å²) in [4.78, 5) is 10.4. The first-order chi connectivity index (χ1) is 5.77. The standard InChI is InChI=1S/C9H11N3/c1-12(2)9-5-7(3-4-10-9)8-6-11-8/h3-5H,6H2,1-2H3. The van der Waals surface area contributed by atoms with Crippen molar-refractivity contribution >= 4 is 11.5 Å². The molecule has 1 aliphatic rings. The molecule has 0 aliphatic carbocycles. The van der Waals surface area contributed by atoms with Crippen molar-refractivity contribution in [2.75, 3.05) is 25.5 Å². The van der Waals surface area contributed by atoms with Crippen molar-refractivity contribution in [1.29, 1.82) is 0 Å². The van der Waals surface area contributed by atoms with E-state index in [1.807, 2.05) is 31.3 Å². The van der Waals surface area contributed by atoms with Crippen LogP contribution in [0.25, 0.3) is 0 Å². The topological polar surface area (TPSA) is 28.5 Å². The van der Waals surface area contributed by atoms with Crippen LogP contribution in [0.1, 0.15) is 5.56 Å². The third kappa shape index (κ3) is 1.30. The summed E-state index contributed by atoms with van der Waals surface area (Å²) >= 11 is 0. The molecule has 0 fully saturated rings. The zero-order valence-corrected chi connectivity index (χ0v) is 7.28. The van der Waals surface area contributed by atoms with E-state index >= 15 is 0 Å². The summed E-state index contributed by atoms with van der Waals surface area (Å²) in [5.74, 6) is 0.988. The molecule has 0 radical (unpaired) electrons. The van der Waals surface area contributed by atoms with Gasteiger partial charge in [0, 0.05) is 25.9 Å². The highest BCUT2D eigenvalue weighted by molar-refractivity contribution is 6.10. The van der Waals surface area contributed by atoms with Crippen molar-refractivity contribution in [3.8, 4) is 0 Å². The van der Waals surface area contributed by atoms with Gasteiger partial charge in [0.05, 0.1) is 12.3 Å². The number of nitrogens with zero attached hydrogens (tertiary/aromatic N) is 3. The molecule has 0 amide bonds. The van der Waals surface area contributed by atoms with E-state index in [0.717, 1.165) is 12.4 Å². The van der Waals surface area contributed by atoms with Crippen molar-refractivity contribution in [3.63, 3.8) is 0 Å². The van der Waals surface area contributed by atoms with Crippen LogP contribution in [-0.4, -0.2) is 31.3 Å². The second-order valence-electron chi connectivity index (χ2n) is 3.06. The molecule has 0 aromatic carbocycles. The molecule has 3 nitrogen and oxygen atoms in total. The lowest BCUT2D eigenvalue weighted by Gasteiger charge is -2.10. The SMILES string of the molecule is CN(C)c1cc(C2=NC2)ccn1. The van der Waals surface area contributed by atoms with Crippen LogP contribution in [0.3, 0.4) is 0 Å². The Kier molecular flexibility index (Phi) is 1.57. The summed E-state index contributed by atoms with van der Waals surface area (Å²) in [6.07, 6.45) is 1.82. The average molecular weight is 161 g/mol. The molecule has 0 N–H and O–H groups in total. The molecule has 3 heteroatoms. The minimum atomic E-state index is 0.900. The van der Waals surface area contributed by atoms with Gasteiger partial charge in [-0.15, -0.1) is 0 Å². The molecule has 0 bridgehead atoms. The summed E-state index contributed by atoms with van der Waals surface area (Å²) < 4.78 is 0. The van der Waals surface area contributed by atoms with Crippen LogP contribution in [0.4, 0.5) is 5.82 Å². The Balaban J connectivity index is 2.33. The molecule has 12 heavy (non-hydrogen) atoms. The number of hydrogen-bond donors (Lipinski definition) is 0. The molecule has 2 rings (SSSR count). The van der Waals surface area contributed by atoms with Gasteiger partial charge in [-0.2, -0.15) is 0 Å². The maximum atomic E-state index is 4.22. The zero-order valence-electron chi connectivity index (χ0n) is 7.28. The lowest BCUT2D eigenvalue weighted by atomic mass is 10.2. The summed E-state index contributed by atoms with van der Waals surface area (Å²) in [6.45, 7) is 0.900. The van der Waals surface area contributed by atoms with Crippen molar-refractivity contribution in [1.82, 2.24) is 4.98 Å². The van der Waals surface area contributed by atoms with Crippen LogP contribution in [0, 0.1) is 0 Å². The predicted molar refractivity (Wildman–Crippen MR) is 50.0 cm³/mol. The molecule has 62 valence electrons. The molecule has 0 spiro atoms. The van der Waals surface area contributed by atoms with E-state index in [4.69, 9.17) is 0 Å². The number of hydrogen-bond acceptors (Lipinski definition) is 3. The number of aromatic nitrogens is 1. The smallest absolute Gasteiger partial charge is 0.128 e. The van der Waals surface area contributed by atoms with Crippen molar-refractivity contribution < 1.29 is 0 Å². The third-order valence-corrected chi connectivity index (χ3v) is 1.85. The van der Waals surface area contributed by atoms with E-state index in [2.05, 4.69) is 16.0 Å². The van der Waals surface area contributed by atoms with Gasteiger partial charge in [-0.3, -0.25) is 4.99 Å². The lowest BCUT2D eigenvalue weighted by molar-refractivity contribution is 1.07. The fourth-order valence-electron chi connectivity index (χ4n) is 1.06. The number of anilines is 1. The van der Waals surface area contributed by atoms with Gasteiger partial charge in [-0.1, -0.05) is 0 Å². The summed E-state index contributed by atoms with van der Waals surface area (Å²) in [6, 6.07) is 4.06. The van der Waals surface area contributed by atoms with Crippen molar-refractivity contribution in [3.05, 3.63) is 23.9 Å². The molecular weight excluding hydrogens is 150 g/mol. The largest absolute Gasteiger partial charge is 0.363 e. The van der Waals surface area contributed by atoms with E-state index in [1.165, 1.54) is 11.3 Å². The second kappa shape index (κ2) is 2.59. The number of pyridine rings is 1. The van der Waals surface area contributed by atoms with E-state index in [9.17, 15) is 0 Å². The fourth-order valence-corrected chi connectivity index (χ4v) is 1.06.